The van der Waals surface area contributed by atoms with E-state index in [9.17, 15) is 26.4 Å². The maximum atomic E-state index is 12.6. The molecule has 2 N–H and O–H groups in total. The minimum atomic E-state index is -4.67. The molecule has 0 saturated heterocycles. The summed E-state index contributed by atoms with van der Waals surface area (Å²) in [6.07, 6.45) is -2.93. The van der Waals surface area contributed by atoms with Crippen LogP contribution in [0.1, 0.15) is 24.8 Å². The second kappa shape index (κ2) is 6.41. The van der Waals surface area contributed by atoms with Crippen LogP contribution in [0.4, 0.5) is 13.2 Å². The lowest BCUT2D eigenvalue weighted by molar-refractivity contribution is -0.137. The highest BCUT2D eigenvalue weighted by Gasteiger charge is 2.38. The third-order valence-electron chi connectivity index (χ3n) is 3.69. The number of hydrogen-bond acceptors (Lipinski definition) is 4. The molecule has 1 fully saturated rings. The zero-order chi connectivity index (χ0) is 18.0. The second-order valence-electron chi connectivity index (χ2n) is 5.45. The molecule has 1 aliphatic rings. The van der Waals surface area contributed by atoms with E-state index >= 15 is 0 Å². The van der Waals surface area contributed by atoms with Gasteiger partial charge in [0.2, 0.25) is 15.9 Å². The lowest BCUT2D eigenvalue weighted by Crippen LogP contribution is -2.54. The summed E-state index contributed by atoms with van der Waals surface area (Å²) in [6.45, 7) is -0.665. The number of alkyl halides is 3. The van der Waals surface area contributed by atoms with E-state index < -0.39 is 44.6 Å². The predicted octanol–water partition coefficient (Wildman–Crippen LogP) is 1.55. The number of amides is 1. The van der Waals surface area contributed by atoms with Crippen molar-refractivity contribution in [3.63, 3.8) is 0 Å². The van der Waals surface area contributed by atoms with Crippen LogP contribution in [0, 0.1) is 11.3 Å². The number of nitrogens with one attached hydrogen (secondary N) is 2. The Hall–Kier alpha value is -2.12. The monoisotopic (exact) mass is 361 g/mol. The van der Waals surface area contributed by atoms with Crippen molar-refractivity contribution >= 4 is 15.9 Å². The molecule has 0 atom stereocenters. The van der Waals surface area contributed by atoms with Crippen LogP contribution in [-0.4, -0.2) is 26.4 Å². The molecule has 10 heteroatoms. The molecule has 130 valence electrons. The van der Waals surface area contributed by atoms with Gasteiger partial charge in [0.1, 0.15) is 5.54 Å². The highest BCUT2D eigenvalue weighted by atomic mass is 32.2. The molecule has 6 nitrogen and oxygen atoms in total. The molecule has 0 aliphatic heterocycles. The van der Waals surface area contributed by atoms with E-state index in [1.807, 2.05) is 10.8 Å². The fourth-order valence-electron chi connectivity index (χ4n) is 2.19. The Kier molecular flexibility index (Phi) is 4.87. The van der Waals surface area contributed by atoms with Crippen LogP contribution in [0.5, 0.6) is 0 Å². The van der Waals surface area contributed by atoms with E-state index in [1.54, 1.807) is 0 Å². The quantitative estimate of drug-likeness (QED) is 0.831. The maximum Gasteiger partial charge on any atom is 0.416 e. The Morgan fingerprint density at radius 2 is 2.00 bits per heavy atom. The zero-order valence-corrected chi connectivity index (χ0v) is 13.2. The van der Waals surface area contributed by atoms with Crippen molar-refractivity contribution in [2.24, 2.45) is 0 Å². The van der Waals surface area contributed by atoms with E-state index in [4.69, 9.17) is 5.26 Å². The number of hydrogen-bond donors (Lipinski definition) is 2. The molecule has 1 saturated carbocycles. The van der Waals surface area contributed by atoms with Crippen LogP contribution < -0.4 is 10.0 Å². The number of rotatable bonds is 5. The van der Waals surface area contributed by atoms with Gasteiger partial charge in [-0.15, -0.1) is 0 Å². The highest BCUT2D eigenvalue weighted by Crippen LogP contribution is 2.31. The summed E-state index contributed by atoms with van der Waals surface area (Å²) in [4.78, 5) is 11.2. The minimum Gasteiger partial charge on any atom is -0.337 e. The van der Waals surface area contributed by atoms with E-state index in [-0.39, 0.29) is 0 Å². The van der Waals surface area contributed by atoms with Crippen LogP contribution in [0.25, 0.3) is 0 Å². The molecular formula is C14H14F3N3O3S. The van der Waals surface area contributed by atoms with Crippen molar-refractivity contribution in [1.29, 1.82) is 5.26 Å². The van der Waals surface area contributed by atoms with Gasteiger partial charge in [0.05, 0.1) is 23.1 Å². The van der Waals surface area contributed by atoms with Crippen molar-refractivity contribution in [2.75, 3.05) is 6.54 Å². The molecule has 0 radical (unpaired) electrons. The first-order valence-electron chi connectivity index (χ1n) is 6.97. The Morgan fingerprint density at radius 3 is 2.50 bits per heavy atom. The van der Waals surface area contributed by atoms with Gasteiger partial charge in [-0.1, -0.05) is 6.07 Å². The third kappa shape index (κ3) is 4.04. The summed E-state index contributed by atoms with van der Waals surface area (Å²) in [6, 6.07) is 5.17. The average molecular weight is 361 g/mol. The van der Waals surface area contributed by atoms with Gasteiger partial charge in [-0.25, -0.2) is 13.1 Å². The number of halogens is 3. The number of nitriles is 1. The first-order valence-corrected chi connectivity index (χ1v) is 8.46. The number of carbonyl (C=O) groups is 1. The van der Waals surface area contributed by atoms with Crippen LogP contribution in [0.2, 0.25) is 0 Å². The summed E-state index contributed by atoms with van der Waals surface area (Å²) in [5, 5.41) is 11.4. The van der Waals surface area contributed by atoms with Gasteiger partial charge >= 0.3 is 6.18 Å². The van der Waals surface area contributed by atoms with Crippen LogP contribution in [0.15, 0.2) is 29.2 Å². The average Bonchev–Trinajstić information content (AvgIpc) is 2.48. The van der Waals surface area contributed by atoms with Crippen LogP contribution in [0.3, 0.4) is 0 Å². The van der Waals surface area contributed by atoms with Gasteiger partial charge in [-0.3, -0.25) is 4.79 Å². The van der Waals surface area contributed by atoms with Gasteiger partial charge in [0, 0.05) is 0 Å². The molecule has 0 spiro atoms. The molecule has 0 aromatic heterocycles. The number of carbonyl (C=O) groups excluding carboxylic acids is 1. The predicted molar refractivity (Wildman–Crippen MR) is 77.0 cm³/mol. The van der Waals surface area contributed by atoms with Gasteiger partial charge in [0.15, 0.2) is 0 Å². The Morgan fingerprint density at radius 1 is 1.33 bits per heavy atom. The van der Waals surface area contributed by atoms with Crippen molar-refractivity contribution in [1.82, 2.24) is 10.0 Å². The summed E-state index contributed by atoms with van der Waals surface area (Å²) in [5.41, 5.74) is -2.08. The van der Waals surface area contributed by atoms with Crippen LogP contribution in [-0.2, 0) is 21.0 Å². The molecule has 24 heavy (non-hydrogen) atoms. The summed E-state index contributed by atoms with van der Waals surface area (Å²) < 4.78 is 63.8. The topological polar surface area (TPSA) is 99.1 Å². The number of nitrogens with zero attached hydrogens (tertiary/aromatic N) is 1. The third-order valence-corrected chi connectivity index (χ3v) is 5.09. The Bertz CT molecular complexity index is 780. The van der Waals surface area contributed by atoms with Crippen molar-refractivity contribution < 1.29 is 26.4 Å². The lowest BCUT2D eigenvalue weighted by atomic mass is 9.78. The van der Waals surface area contributed by atoms with Gasteiger partial charge in [-0.05, 0) is 37.5 Å². The molecule has 0 heterocycles. The standard InChI is InChI=1S/C14H14F3N3O3S/c15-14(16,17)10-3-1-4-11(7-10)24(22,23)19-8-12(21)20-13(9-18)5-2-6-13/h1,3-4,7,19H,2,5-6,8H2,(H,20,21). The Labute approximate surface area is 136 Å². The SMILES string of the molecule is N#CC1(NC(=O)CNS(=O)(=O)c2cccc(C(F)(F)F)c2)CCC1. The summed E-state index contributed by atoms with van der Waals surface area (Å²) in [5.74, 6) is -0.716. The first-order chi connectivity index (χ1) is 11.1. The highest BCUT2D eigenvalue weighted by molar-refractivity contribution is 7.89. The maximum absolute atomic E-state index is 12.6. The van der Waals surface area contributed by atoms with E-state index in [2.05, 4.69) is 5.32 Å². The molecule has 0 bridgehead atoms. The van der Waals surface area contributed by atoms with E-state index in [0.717, 1.165) is 24.6 Å². The van der Waals surface area contributed by atoms with Crippen molar-refractivity contribution in [3.05, 3.63) is 29.8 Å². The molecule has 0 unspecified atom stereocenters. The second-order valence-corrected chi connectivity index (χ2v) is 7.21. The van der Waals surface area contributed by atoms with Crippen LogP contribution >= 0.6 is 0 Å². The summed E-state index contributed by atoms with van der Waals surface area (Å²) in [7, 11) is -4.28. The summed E-state index contributed by atoms with van der Waals surface area (Å²) >= 11 is 0. The first kappa shape index (κ1) is 18.2. The molecule has 1 amide bonds. The van der Waals surface area contributed by atoms with Gasteiger partial charge in [-0.2, -0.15) is 18.4 Å². The van der Waals surface area contributed by atoms with Gasteiger partial charge in [0.25, 0.3) is 0 Å². The Balaban J connectivity index is 2.04. The molecule has 1 aliphatic carbocycles. The number of benzene rings is 1. The number of sulfonamides is 1. The molecule has 1 aromatic carbocycles. The van der Waals surface area contributed by atoms with Crippen molar-refractivity contribution in [3.8, 4) is 6.07 Å². The van der Waals surface area contributed by atoms with E-state index in [1.165, 1.54) is 0 Å². The van der Waals surface area contributed by atoms with Crippen molar-refractivity contribution in [2.45, 2.75) is 35.9 Å². The van der Waals surface area contributed by atoms with E-state index in [0.29, 0.717) is 18.9 Å². The fraction of sp³-hybridized carbons (Fsp3) is 0.429. The smallest absolute Gasteiger partial charge is 0.337 e. The minimum absolute atomic E-state index is 0.482. The fourth-order valence-corrected chi connectivity index (χ4v) is 3.22. The molecular weight excluding hydrogens is 347 g/mol. The molecule has 2 rings (SSSR count). The lowest BCUT2D eigenvalue weighted by Gasteiger charge is -2.35. The zero-order valence-electron chi connectivity index (χ0n) is 12.4. The van der Waals surface area contributed by atoms with Gasteiger partial charge < -0.3 is 5.32 Å². The largest absolute Gasteiger partial charge is 0.416 e. The molecule has 1 aromatic rings. The normalized spacial score (nSPS) is 16.8.